The van der Waals surface area contributed by atoms with Crippen LogP contribution in [-0.4, -0.2) is 50.2 Å². The summed E-state index contributed by atoms with van der Waals surface area (Å²) in [5.41, 5.74) is 0. The molecule has 0 bridgehead atoms. The van der Waals surface area contributed by atoms with E-state index in [2.05, 4.69) is 24.1 Å². The van der Waals surface area contributed by atoms with Gasteiger partial charge in [0.05, 0.1) is 6.61 Å². The van der Waals surface area contributed by atoms with Gasteiger partial charge in [-0.3, -0.25) is 4.79 Å². The van der Waals surface area contributed by atoms with Crippen molar-refractivity contribution in [1.82, 2.24) is 10.2 Å². The van der Waals surface area contributed by atoms with Crippen molar-refractivity contribution in [1.29, 1.82) is 0 Å². The lowest BCUT2D eigenvalue weighted by molar-refractivity contribution is -0.143. The zero-order valence-corrected chi connectivity index (χ0v) is 18.3. The third-order valence-corrected chi connectivity index (χ3v) is 5.62. The molecule has 1 heterocycles. The van der Waals surface area contributed by atoms with E-state index in [4.69, 9.17) is 4.74 Å². The Balaban J connectivity index is 2.16. The molecule has 0 aliphatic carbocycles. The van der Waals surface area contributed by atoms with E-state index in [1.165, 1.54) is 77.4 Å². The highest BCUT2D eigenvalue weighted by atomic mass is 16.5. The van der Waals surface area contributed by atoms with Gasteiger partial charge in [0, 0.05) is 13.0 Å². The molecule has 0 aromatic carbocycles. The summed E-state index contributed by atoms with van der Waals surface area (Å²) in [6.07, 6.45) is 15.6. The molecule has 1 aliphatic heterocycles. The number of hydrogen-bond acceptors (Lipinski definition) is 4. The van der Waals surface area contributed by atoms with Gasteiger partial charge >= 0.3 is 5.97 Å². The van der Waals surface area contributed by atoms with Crippen molar-refractivity contribution in [3.63, 3.8) is 0 Å². The van der Waals surface area contributed by atoms with Gasteiger partial charge in [-0.05, 0) is 57.8 Å². The second-order valence-electron chi connectivity index (χ2n) is 8.31. The molecule has 4 nitrogen and oxygen atoms in total. The summed E-state index contributed by atoms with van der Waals surface area (Å²) >= 11 is 0. The Bertz CT molecular complexity index is 343. The molecule has 1 rings (SSSR count). The average molecular weight is 383 g/mol. The molecule has 0 aromatic heterocycles. The molecule has 1 N–H and O–H groups in total. The third kappa shape index (κ3) is 14.1. The lowest BCUT2D eigenvalue weighted by Gasteiger charge is -2.25. The number of carbonyl (C=O) groups excluding carboxylic acids is 1. The summed E-state index contributed by atoms with van der Waals surface area (Å²) in [4.78, 5) is 14.5. The molecule has 1 aliphatic rings. The first kappa shape index (κ1) is 24.4. The Morgan fingerprint density at radius 2 is 1.59 bits per heavy atom. The fourth-order valence-electron chi connectivity index (χ4n) is 3.88. The first-order chi connectivity index (χ1) is 13.3. The Hall–Kier alpha value is -0.610. The van der Waals surface area contributed by atoms with Crippen LogP contribution in [0.2, 0.25) is 0 Å². The highest BCUT2D eigenvalue weighted by Crippen LogP contribution is 2.13. The van der Waals surface area contributed by atoms with Crippen LogP contribution in [0.1, 0.15) is 97.3 Å². The van der Waals surface area contributed by atoms with Crippen molar-refractivity contribution in [2.24, 2.45) is 5.92 Å². The average Bonchev–Trinajstić information content (AvgIpc) is 3.17. The van der Waals surface area contributed by atoms with E-state index in [0.29, 0.717) is 13.0 Å². The number of carbonyl (C=O) groups is 1. The van der Waals surface area contributed by atoms with E-state index in [9.17, 15) is 4.79 Å². The van der Waals surface area contributed by atoms with E-state index in [0.717, 1.165) is 38.3 Å². The Morgan fingerprint density at radius 1 is 0.926 bits per heavy atom. The van der Waals surface area contributed by atoms with Crippen LogP contribution in [0.5, 0.6) is 0 Å². The maximum atomic E-state index is 11.9. The summed E-state index contributed by atoms with van der Waals surface area (Å²) in [7, 11) is 0. The predicted octanol–water partition coefficient (Wildman–Crippen LogP) is 5.16. The van der Waals surface area contributed by atoms with Crippen LogP contribution in [-0.2, 0) is 9.53 Å². The number of nitrogens with zero attached hydrogens (tertiary/aromatic N) is 1. The van der Waals surface area contributed by atoms with Crippen LogP contribution in [0.4, 0.5) is 0 Å². The standard InChI is InChI=1S/C23H46N2O2/c1-3-5-7-8-9-10-11-17-25(21-22-15-16-24-20-22)18-13-14-23(26)27-19-12-6-4-2/h22,24H,3-21H2,1-2H3. The van der Waals surface area contributed by atoms with Gasteiger partial charge < -0.3 is 15.0 Å². The molecule has 0 amide bonds. The minimum atomic E-state index is -0.00971. The summed E-state index contributed by atoms with van der Waals surface area (Å²) in [5, 5.41) is 3.48. The van der Waals surface area contributed by atoms with Gasteiger partial charge in [-0.15, -0.1) is 0 Å². The second kappa shape index (κ2) is 17.5. The second-order valence-corrected chi connectivity index (χ2v) is 8.31. The van der Waals surface area contributed by atoms with Gasteiger partial charge in [-0.25, -0.2) is 0 Å². The van der Waals surface area contributed by atoms with Crippen LogP contribution in [0.3, 0.4) is 0 Å². The van der Waals surface area contributed by atoms with E-state index in [1.807, 2.05) is 0 Å². The number of hydrogen-bond donors (Lipinski definition) is 1. The van der Waals surface area contributed by atoms with Crippen LogP contribution < -0.4 is 5.32 Å². The van der Waals surface area contributed by atoms with E-state index < -0.39 is 0 Å². The van der Waals surface area contributed by atoms with E-state index in [1.54, 1.807) is 0 Å². The number of rotatable bonds is 18. The summed E-state index contributed by atoms with van der Waals surface area (Å²) < 4.78 is 5.34. The fraction of sp³-hybridized carbons (Fsp3) is 0.957. The molecule has 27 heavy (non-hydrogen) atoms. The monoisotopic (exact) mass is 382 g/mol. The molecule has 1 unspecified atom stereocenters. The number of nitrogens with one attached hydrogen (secondary N) is 1. The Kier molecular flexibility index (Phi) is 15.8. The maximum absolute atomic E-state index is 11.9. The predicted molar refractivity (Wildman–Crippen MR) is 115 cm³/mol. The quantitative estimate of drug-likeness (QED) is 0.262. The molecule has 1 fully saturated rings. The van der Waals surface area contributed by atoms with Gasteiger partial charge in [-0.1, -0.05) is 65.2 Å². The zero-order valence-electron chi connectivity index (χ0n) is 18.3. The lowest BCUT2D eigenvalue weighted by atomic mass is 10.1. The molecular formula is C23H46N2O2. The zero-order chi connectivity index (χ0) is 19.6. The van der Waals surface area contributed by atoms with Gasteiger partial charge in [-0.2, -0.15) is 0 Å². The van der Waals surface area contributed by atoms with Crippen molar-refractivity contribution in [3.8, 4) is 0 Å². The largest absolute Gasteiger partial charge is 0.466 e. The van der Waals surface area contributed by atoms with Gasteiger partial charge in [0.2, 0.25) is 0 Å². The van der Waals surface area contributed by atoms with Crippen molar-refractivity contribution in [2.45, 2.75) is 97.3 Å². The first-order valence-corrected chi connectivity index (χ1v) is 11.8. The molecular weight excluding hydrogens is 336 g/mol. The molecule has 4 heteroatoms. The normalized spacial score (nSPS) is 16.9. The minimum Gasteiger partial charge on any atom is -0.466 e. The van der Waals surface area contributed by atoms with E-state index >= 15 is 0 Å². The SMILES string of the molecule is CCCCCCCCCN(CCCC(=O)OCCCCC)CC1CCNC1. The lowest BCUT2D eigenvalue weighted by Crippen LogP contribution is -2.32. The van der Waals surface area contributed by atoms with Crippen molar-refractivity contribution >= 4 is 5.97 Å². The van der Waals surface area contributed by atoms with Crippen LogP contribution in [0.25, 0.3) is 0 Å². The van der Waals surface area contributed by atoms with Gasteiger partial charge in [0.1, 0.15) is 0 Å². The van der Waals surface area contributed by atoms with E-state index in [-0.39, 0.29) is 5.97 Å². The highest BCUT2D eigenvalue weighted by Gasteiger charge is 2.18. The van der Waals surface area contributed by atoms with Crippen molar-refractivity contribution in [3.05, 3.63) is 0 Å². The van der Waals surface area contributed by atoms with Crippen LogP contribution in [0.15, 0.2) is 0 Å². The van der Waals surface area contributed by atoms with Gasteiger partial charge in [0.15, 0.2) is 0 Å². The van der Waals surface area contributed by atoms with Crippen LogP contribution in [0, 0.1) is 5.92 Å². The molecule has 0 spiro atoms. The molecule has 160 valence electrons. The highest BCUT2D eigenvalue weighted by molar-refractivity contribution is 5.69. The summed E-state index contributed by atoms with van der Waals surface area (Å²) in [6.45, 7) is 10.8. The fourth-order valence-corrected chi connectivity index (χ4v) is 3.88. The number of unbranched alkanes of at least 4 members (excludes halogenated alkanes) is 8. The Labute approximate surface area is 168 Å². The third-order valence-electron chi connectivity index (χ3n) is 5.62. The minimum absolute atomic E-state index is 0.00971. The van der Waals surface area contributed by atoms with Gasteiger partial charge in [0.25, 0.3) is 0 Å². The Morgan fingerprint density at radius 3 is 2.30 bits per heavy atom. The molecule has 1 atom stereocenters. The van der Waals surface area contributed by atoms with Crippen molar-refractivity contribution < 1.29 is 9.53 Å². The summed E-state index contributed by atoms with van der Waals surface area (Å²) in [6, 6.07) is 0. The molecule has 1 saturated heterocycles. The molecule has 0 aromatic rings. The topological polar surface area (TPSA) is 41.6 Å². The summed E-state index contributed by atoms with van der Waals surface area (Å²) in [5.74, 6) is 0.778. The maximum Gasteiger partial charge on any atom is 0.305 e. The number of ether oxygens (including phenoxy) is 1. The smallest absolute Gasteiger partial charge is 0.305 e. The molecule has 0 radical (unpaired) electrons. The van der Waals surface area contributed by atoms with Crippen LogP contribution >= 0.6 is 0 Å². The van der Waals surface area contributed by atoms with Crippen molar-refractivity contribution in [2.75, 3.05) is 39.3 Å². The number of esters is 1. The first-order valence-electron chi connectivity index (χ1n) is 11.8. The molecule has 0 saturated carbocycles.